The largest absolute Gasteiger partial charge is 0.334 e. The molecule has 0 amide bonds. The van der Waals surface area contributed by atoms with Crippen LogP contribution in [0.3, 0.4) is 0 Å². The van der Waals surface area contributed by atoms with Crippen molar-refractivity contribution in [1.82, 2.24) is 14.9 Å². The fraction of sp³-hybridized carbons (Fsp3) is 0.786. The van der Waals surface area contributed by atoms with Crippen LogP contribution in [0.5, 0.6) is 0 Å². The van der Waals surface area contributed by atoms with Gasteiger partial charge in [-0.3, -0.25) is 0 Å². The van der Waals surface area contributed by atoms with Gasteiger partial charge in [0, 0.05) is 31.2 Å². The molecule has 1 unspecified atom stereocenters. The molecule has 1 aliphatic carbocycles. The SMILES string of the molecule is CC1NCCc2c1ncn2CC1CCCCC1. The summed E-state index contributed by atoms with van der Waals surface area (Å²) in [7, 11) is 0. The first-order valence-electron chi connectivity index (χ1n) is 7.12. The van der Waals surface area contributed by atoms with Gasteiger partial charge < -0.3 is 9.88 Å². The van der Waals surface area contributed by atoms with E-state index in [9.17, 15) is 0 Å². The smallest absolute Gasteiger partial charge is 0.0952 e. The second-order valence-corrected chi connectivity index (χ2v) is 5.66. The molecule has 2 aliphatic rings. The third-order valence-corrected chi connectivity index (χ3v) is 4.38. The van der Waals surface area contributed by atoms with Gasteiger partial charge in [0.15, 0.2) is 0 Å². The summed E-state index contributed by atoms with van der Waals surface area (Å²) in [5.74, 6) is 0.896. The van der Waals surface area contributed by atoms with Gasteiger partial charge in [-0.1, -0.05) is 19.3 Å². The highest BCUT2D eigenvalue weighted by atomic mass is 15.1. The number of hydrogen-bond donors (Lipinski definition) is 1. The fourth-order valence-electron chi connectivity index (χ4n) is 3.37. The van der Waals surface area contributed by atoms with E-state index in [4.69, 9.17) is 0 Å². The summed E-state index contributed by atoms with van der Waals surface area (Å²) in [5.41, 5.74) is 2.77. The highest BCUT2D eigenvalue weighted by Crippen LogP contribution is 2.27. The van der Waals surface area contributed by atoms with E-state index in [0.29, 0.717) is 6.04 Å². The lowest BCUT2D eigenvalue weighted by molar-refractivity contribution is 0.315. The van der Waals surface area contributed by atoms with Crippen LogP contribution in [0, 0.1) is 5.92 Å². The summed E-state index contributed by atoms with van der Waals surface area (Å²) < 4.78 is 2.43. The zero-order valence-electron chi connectivity index (χ0n) is 10.8. The van der Waals surface area contributed by atoms with Crippen LogP contribution < -0.4 is 5.32 Å². The average Bonchev–Trinajstić information content (AvgIpc) is 2.76. The second-order valence-electron chi connectivity index (χ2n) is 5.66. The van der Waals surface area contributed by atoms with E-state index in [1.165, 1.54) is 50.0 Å². The van der Waals surface area contributed by atoms with Gasteiger partial charge in [0.2, 0.25) is 0 Å². The summed E-state index contributed by atoms with van der Waals surface area (Å²) in [5, 5.41) is 3.48. The Balaban J connectivity index is 1.74. The van der Waals surface area contributed by atoms with Crippen LogP contribution in [-0.2, 0) is 13.0 Å². The molecule has 1 N–H and O–H groups in total. The Morgan fingerprint density at radius 3 is 3.00 bits per heavy atom. The summed E-state index contributed by atoms with van der Waals surface area (Å²) in [6, 6.07) is 0.436. The van der Waals surface area contributed by atoms with Gasteiger partial charge in [-0.15, -0.1) is 0 Å². The minimum Gasteiger partial charge on any atom is -0.334 e. The molecule has 1 saturated carbocycles. The zero-order valence-corrected chi connectivity index (χ0v) is 10.8. The molecule has 0 bridgehead atoms. The van der Waals surface area contributed by atoms with Crippen LogP contribution in [0.1, 0.15) is 56.5 Å². The predicted molar refractivity (Wildman–Crippen MR) is 68.9 cm³/mol. The Labute approximate surface area is 104 Å². The monoisotopic (exact) mass is 233 g/mol. The van der Waals surface area contributed by atoms with Crippen molar-refractivity contribution in [2.24, 2.45) is 5.92 Å². The third kappa shape index (κ3) is 2.25. The third-order valence-electron chi connectivity index (χ3n) is 4.38. The maximum absolute atomic E-state index is 4.60. The minimum atomic E-state index is 0.436. The lowest BCUT2D eigenvalue weighted by Crippen LogP contribution is -2.29. The number of rotatable bonds is 2. The Morgan fingerprint density at radius 2 is 2.18 bits per heavy atom. The van der Waals surface area contributed by atoms with Crippen LogP contribution >= 0.6 is 0 Å². The van der Waals surface area contributed by atoms with Crippen molar-refractivity contribution in [2.75, 3.05) is 6.54 Å². The topological polar surface area (TPSA) is 29.9 Å². The minimum absolute atomic E-state index is 0.436. The van der Waals surface area contributed by atoms with Crippen molar-refractivity contribution in [2.45, 2.75) is 58.0 Å². The molecule has 94 valence electrons. The van der Waals surface area contributed by atoms with Crippen LogP contribution in [0.15, 0.2) is 6.33 Å². The molecule has 0 aromatic carbocycles. The molecule has 17 heavy (non-hydrogen) atoms. The number of aromatic nitrogens is 2. The predicted octanol–water partition coefficient (Wildman–Crippen LogP) is 2.67. The van der Waals surface area contributed by atoms with E-state index in [-0.39, 0.29) is 0 Å². The van der Waals surface area contributed by atoms with E-state index in [2.05, 4.69) is 28.1 Å². The number of nitrogens with one attached hydrogen (secondary N) is 1. The molecule has 0 radical (unpaired) electrons. The van der Waals surface area contributed by atoms with Crippen LogP contribution in [0.4, 0.5) is 0 Å². The number of fused-ring (bicyclic) bond motifs is 1. The first kappa shape index (κ1) is 11.3. The van der Waals surface area contributed by atoms with Crippen LogP contribution in [-0.4, -0.2) is 16.1 Å². The first-order chi connectivity index (χ1) is 8.34. The molecule has 3 nitrogen and oxygen atoms in total. The Hall–Kier alpha value is -0.830. The van der Waals surface area contributed by atoms with Gasteiger partial charge in [0.05, 0.1) is 12.0 Å². The summed E-state index contributed by atoms with van der Waals surface area (Å²) in [6.07, 6.45) is 10.4. The lowest BCUT2D eigenvalue weighted by atomic mass is 9.89. The highest BCUT2D eigenvalue weighted by Gasteiger charge is 2.22. The molecule has 0 saturated heterocycles. The van der Waals surface area contributed by atoms with Crippen molar-refractivity contribution >= 4 is 0 Å². The van der Waals surface area contributed by atoms with E-state index >= 15 is 0 Å². The lowest BCUT2D eigenvalue weighted by Gasteiger charge is -2.25. The molecule has 2 heterocycles. The molecular formula is C14H23N3. The zero-order chi connectivity index (χ0) is 11.7. The summed E-state index contributed by atoms with van der Waals surface area (Å²) in [4.78, 5) is 4.60. The van der Waals surface area contributed by atoms with Gasteiger partial charge in [-0.25, -0.2) is 4.98 Å². The molecule has 1 aromatic rings. The number of nitrogens with zero attached hydrogens (tertiary/aromatic N) is 2. The quantitative estimate of drug-likeness (QED) is 0.851. The molecule has 1 aliphatic heterocycles. The van der Waals surface area contributed by atoms with E-state index in [1.54, 1.807) is 0 Å². The molecule has 3 rings (SSSR count). The summed E-state index contributed by atoms with van der Waals surface area (Å²) >= 11 is 0. The number of hydrogen-bond acceptors (Lipinski definition) is 2. The van der Waals surface area contributed by atoms with E-state index in [1.807, 2.05) is 0 Å². The van der Waals surface area contributed by atoms with Crippen molar-refractivity contribution in [3.8, 4) is 0 Å². The standard InChI is InChI=1S/C14H23N3/c1-11-14-13(7-8-15-11)17(10-16-14)9-12-5-3-2-4-6-12/h10-12,15H,2-9H2,1H3. The molecular weight excluding hydrogens is 210 g/mol. The molecule has 1 aromatic heterocycles. The van der Waals surface area contributed by atoms with Crippen LogP contribution in [0.25, 0.3) is 0 Å². The van der Waals surface area contributed by atoms with Gasteiger partial charge in [-0.2, -0.15) is 0 Å². The second kappa shape index (κ2) is 4.81. The van der Waals surface area contributed by atoms with Gasteiger partial charge >= 0.3 is 0 Å². The maximum Gasteiger partial charge on any atom is 0.0952 e. The molecule has 1 fully saturated rings. The average molecular weight is 233 g/mol. The van der Waals surface area contributed by atoms with Crippen molar-refractivity contribution in [1.29, 1.82) is 0 Å². The Bertz CT molecular complexity index is 377. The number of imidazole rings is 1. The van der Waals surface area contributed by atoms with E-state index < -0.39 is 0 Å². The summed E-state index contributed by atoms with van der Waals surface area (Å²) in [6.45, 7) is 4.52. The first-order valence-corrected chi connectivity index (χ1v) is 7.12. The highest BCUT2D eigenvalue weighted by molar-refractivity contribution is 5.20. The van der Waals surface area contributed by atoms with Gasteiger partial charge in [-0.05, 0) is 25.7 Å². The molecule has 0 spiro atoms. The normalized spacial score (nSPS) is 25.8. The van der Waals surface area contributed by atoms with Crippen molar-refractivity contribution < 1.29 is 0 Å². The Kier molecular flexibility index (Phi) is 3.19. The molecule has 1 atom stereocenters. The fourth-order valence-corrected chi connectivity index (χ4v) is 3.37. The van der Waals surface area contributed by atoms with Crippen LogP contribution in [0.2, 0.25) is 0 Å². The van der Waals surface area contributed by atoms with E-state index in [0.717, 1.165) is 18.9 Å². The maximum atomic E-state index is 4.60. The van der Waals surface area contributed by atoms with Crippen molar-refractivity contribution in [3.05, 3.63) is 17.7 Å². The Morgan fingerprint density at radius 1 is 1.35 bits per heavy atom. The van der Waals surface area contributed by atoms with Gasteiger partial charge in [0.25, 0.3) is 0 Å². The molecule has 3 heteroatoms. The van der Waals surface area contributed by atoms with Crippen molar-refractivity contribution in [3.63, 3.8) is 0 Å². The van der Waals surface area contributed by atoms with Gasteiger partial charge in [0.1, 0.15) is 0 Å².